The number of carboxylic acids is 3. The first-order valence-corrected chi connectivity index (χ1v) is 16.1. The molecule has 0 radical (unpaired) electrons. The smallest absolute Gasteiger partial charge is 0.542 e. The number of nitrogens with zero attached hydrogens (tertiary/aromatic N) is 4. The first-order chi connectivity index (χ1) is 25.7. The number of ketones is 6. The first-order valence-electron chi connectivity index (χ1n) is 16.1. The number of hydrogen-bond donors (Lipinski definition) is 0. The Morgan fingerprint density at radius 1 is 0.464 bits per heavy atom. The van der Waals surface area contributed by atoms with E-state index in [4.69, 9.17) is 0 Å². The fraction of sp³-hybridized carbons (Fsp3) is 0.256. The summed E-state index contributed by atoms with van der Waals surface area (Å²) in [5.41, 5.74) is 8.07. The fourth-order valence-electron chi connectivity index (χ4n) is 3.85. The molecule has 0 saturated carbocycles. The van der Waals surface area contributed by atoms with Crippen molar-refractivity contribution in [3.8, 4) is 22.5 Å². The molecule has 17 heteroatoms. The number of aromatic nitrogens is 4. The maximum atomic E-state index is 10.1. The van der Waals surface area contributed by atoms with E-state index in [-0.39, 0.29) is 20.1 Å². The van der Waals surface area contributed by atoms with Crippen molar-refractivity contribution in [2.24, 2.45) is 0 Å². The van der Waals surface area contributed by atoms with Crippen molar-refractivity contribution in [1.82, 2.24) is 19.9 Å². The summed E-state index contributed by atoms with van der Waals surface area (Å²) < 4.78 is 0. The van der Waals surface area contributed by atoms with Crippen LogP contribution in [0.15, 0.2) is 73.1 Å². The van der Waals surface area contributed by atoms with Crippen LogP contribution in [-0.4, -0.2) is 72.5 Å². The molecule has 4 aromatic rings. The topological polar surface area (TPSA) is 274 Å². The molecule has 0 unspecified atom stereocenters. The summed E-state index contributed by atoms with van der Waals surface area (Å²) in [5.74, 6) is -10.3. The summed E-state index contributed by atoms with van der Waals surface area (Å²) in [6, 6.07) is 20.2. The molecular weight excluding hydrogens is 909 g/mol. The Bertz CT molecular complexity index is 1830. The molecule has 0 aliphatic rings. The predicted octanol–water partition coefficient (Wildman–Crippen LogP) is 0.372. The number of Topliss-reactive ketones (excluding diaryl/α,β-unsaturated/α-hetero) is 6. The van der Waals surface area contributed by atoms with E-state index in [1.54, 1.807) is 12.4 Å². The summed E-state index contributed by atoms with van der Waals surface area (Å²) in [7, 11) is 0. The largest absolute Gasteiger partial charge is 3.00 e. The van der Waals surface area contributed by atoms with Gasteiger partial charge in [-0.3, -0.25) is 48.7 Å². The van der Waals surface area contributed by atoms with E-state index in [1.165, 1.54) is 0 Å². The number of hydrogen-bond acceptors (Lipinski definition) is 16. The molecule has 2 aromatic heterocycles. The van der Waals surface area contributed by atoms with Gasteiger partial charge in [0.15, 0.2) is 17.3 Å². The van der Waals surface area contributed by atoms with Crippen LogP contribution in [0.3, 0.4) is 0 Å². The Labute approximate surface area is 336 Å². The maximum absolute atomic E-state index is 10.1. The number of carbonyl (C=O) groups excluding carboxylic acids is 9. The van der Waals surface area contributed by atoms with Crippen molar-refractivity contribution >= 4 is 52.6 Å². The third-order valence-electron chi connectivity index (χ3n) is 6.14. The van der Waals surface area contributed by atoms with E-state index in [9.17, 15) is 58.5 Å². The van der Waals surface area contributed by atoms with Gasteiger partial charge in [-0.25, -0.2) is 0 Å². The number of carbonyl (C=O) groups is 9. The van der Waals surface area contributed by atoms with Gasteiger partial charge in [0.2, 0.25) is 0 Å². The molecule has 0 fully saturated rings. The zero-order valence-electron chi connectivity index (χ0n) is 31.6. The zero-order valence-corrected chi connectivity index (χ0v) is 34.0. The minimum atomic E-state index is -1.80. The van der Waals surface area contributed by atoms with Crippen molar-refractivity contribution < 1.29 is 78.6 Å². The molecule has 0 N–H and O–H groups in total. The second-order valence-electron chi connectivity index (χ2n) is 11.4. The van der Waals surface area contributed by atoms with E-state index in [2.05, 4.69) is 19.9 Å². The molecule has 2 heterocycles. The molecule has 4 rings (SSSR count). The average molecular weight is 948 g/mol. The number of benzene rings is 2. The molecule has 0 aliphatic heterocycles. The van der Waals surface area contributed by atoms with Gasteiger partial charge in [0.05, 0.1) is 53.4 Å². The van der Waals surface area contributed by atoms with Crippen LogP contribution >= 0.6 is 0 Å². The summed E-state index contributed by atoms with van der Waals surface area (Å²) >= 11 is 0. The maximum Gasteiger partial charge on any atom is 3.00 e. The SMILES string of the molecule is CC(=O)CC(=O)C(=O)[O-].CC(=O)CC(=O)C(=O)[O-].CC(=O)CC(=O)C(=O)[O-].Cc1cnc(-c2ccccc2)c(C)n1.Cc1cnc(-c2ccccc2)c(C)n1.[Ir+3]. The van der Waals surface area contributed by atoms with Crippen molar-refractivity contribution in [2.75, 3.05) is 0 Å². The van der Waals surface area contributed by atoms with Gasteiger partial charge in [-0.15, -0.1) is 0 Å². The molecule has 296 valence electrons. The molecule has 0 aliphatic carbocycles. The Morgan fingerprint density at radius 2 is 0.714 bits per heavy atom. The number of aliphatic carboxylic acids is 3. The summed E-state index contributed by atoms with van der Waals surface area (Å²) in [6.45, 7) is 11.3. The van der Waals surface area contributed by atoms with Gasteiger partial charge in [0, 0.05) is 23.5 Å². The monoisotopic (exact) mass is 948 g/mol. The van der Waals surface area contributed by atoms with Crippen LogP contribution in [0.4, 0.5) is 0 Å². The number of rotatable bonds is 11. The van der Waals surface area contributed by atoms with Crippen LogP contribution in [0.5, 0.6) is 0 Å². The minimum absolute atomic E-state index is 0. The van der Waals surface area contributed by atoms with Gasteiger partial charge in [-0.1, -0.05) is 60.7 Å². The predicted molar refractivity (Wildman–Crippen MR) is 190 cm³/mol. The molecule has 56 heavy (non-hydrogen) atoms. The average Bonchev–Trinajstić information content (AvgIpc) is 3.09. The van der Waals surface area contributed by atoms with Crippen molar-refractivity contribution in [3.63, 3.8) is 0 Å². The van der Waals surface area contributed by atoms with Gasteiger partial charge in [-0.2, -0.15) is 0 Å². The number of aryl methyl sites for hydroxylation is 4. The van der Waals surface area contributed by atoms with Crippen LogP contribution < -0.4 is 15.3 Å². The van der Waals surface area contributed by atoms with Gasteiger partial charge < -0.3 is 29.7 Å². The third kappa shape index (κ3) is 22.7. The van der Waals surface area contributed by atoms with Gasteiger partial charge in [0.1, 0.15) is 35.3 Å². The molecule has 2 aromatic carbocycles. The Balaban J connectivity index is 0. The molecule has 16 nitrogen and oxygen atoms in total. The third-order valence-corrected chi connectivity index (χ3v) is 6.14. The van der Waals surface area contributed by atoms with Crippen LogP contribution in [0.2, 0.25) is 0 Å². The summed E-state index contributed by atoms with van der Waals surface area (Å²) in [5, 5.41) is 28.9. The standard InChI is InChI=1S/2C12H12N2.3C5H6O4.Ir/c2*1-9-8-13-12(10(2)14-9)11-6-4-3-5-7-11;3*1-3(6)2-4(7)5(8)9;/h2*3-8H,1-2H3;3*2H2,1H3,(H,8,9);/q;;;;;+3/p-3. The van der Waals surface area contributed by atoms with Crippen molar-refractivity contribution in [2.45, 2.75) is 67.7 Å². The van der Waals surface area contributed by atoms with Crippen LogP contribution in [0.25, 0.3) is 22.5 Å². The van der Waals surface area contributed by atoms with Gasteiger partial charge in [-0.05, 0) is 48.5 Å². The van der Waals surface area contributed by atoms with E-state index in [0.717, 1.165) is 66.1 Å². The molecular formula is C39H39IrN4O12. The fourth-order valence-corrected chi connectivity index (χ4v) is 3.85. The van der Waals surface area contributed by atoms with E-state index in [1.807, 2.05) is 88.4 Å². The molecule has 0 spiro atoms. The normalized spacial score (nSPS) is 9.20. The van der Waals surface area contributed by atoms with E-state index in [0.29, 0.717) is 0 Å². The molecule has 0 saturated heterocycles. The zero-order chi connectivity index (χ0) is 42.2. The minimum Gasteiger partial charge on any atom is -0.542 e. The number of carboxylic acid groups (broad SMARTS) is 3. The van der Waals surface area contributed by atoms with E-state index >= 15 is 0 Å². The summed E-state index contributed by atoms with van der Waals surface area (Å²) in [4.78, 5) is 107. The van der Waals surface area contributed by atoms with Crippen molar-refractivity contribution in [1.29, 1.82) is 0 Å². The Hall–Kier alpha value is -6.32. The van der Waals surface area contributed by atoms with Crippen LogP contribution in [-0.2, 0) is 63.3 Å². The molecule has 0 atom stereocenters. The second kappa shape index (κ2) is 27.3. The first kappa shape index (κ1) is 51.8. The molecule has 0 amide bonds. The Morgan fingerprint density at radius 3 is 0.893 bits per heavy atom. The second-order valence-corrected chi connectivity index (χ2v) is 11.4. The summed E-state index contributed by atoms with van der Waals surface area (Å²) in [6.07, 6.45) is 1.90. The van der Waals surface area contributed by atoms with E-state index < -0.39 is 71.9 Å². The quantitative estimate of drug-likeness (QED) is 0.145. The Kier molecular flexibility index (Phi) is 25.2. The molecule has 0 bridgehead atoms. The van der Waals surface area contributed by atoms with Crippen molar-refractivity contribution in [3.05, 3.63) is 95.8 Å². The van der Waals surface area contributed by atoms with Crippen LogP contribution in [0, 0.1) is 27.7 Å². The van der Waals surface area contributed by atoms with Gasteiger partial charge >= 0.3 is 20.1 Å². The van der Waals surface area contributed by atoms with Gasteiger partial charge in [0.25, 0.3) is 0 Å². The van der Waals surface area contributed by atoms with Crippen LogP contribution in [0.1, 0.15) is 62.8 Å².